The zero-order chi connectivity index (χ0) is 34.9. The fourth-order valence-corrected chi connectivity index (χ4v) is 10.2. The van der Waals surface area contributed by atoms with Crippen molar-refractivity contribution in [3.8, 4) is 44.5 Å². The molecule has 0 amide bonds. The van der Waals surface area contributed by atoms with Gasteiger partial charge in [0.05, 0.1) is 11.4 Å². The molecule has 0 saturated heterocycles. The number of anilines is 3. The van der Waals surface area contributed by atoms with E-state index >= 15 is 0 Å². The third-order valence-electron chi connectivity index (χ3n) is 12.5. The van der Waals surface area contributed by atoms with Crippen molar-refractivity contribution < 1.29 is 0 Å². The van der Waals surface area contributed by atoms with E-state index in [1.165, 1.54) is 116 Å². The molecule has 3 aliphatic rings. The molecule has 3 aliphatic carbocycles. The Morgan fingerprint density at radius 1 is 0.404 bits per heavy atom. The minimum Gasteiger partial charge on any atom is -0.309 e. The van der Waals surface area contributed by atoms with E-state index in [9.17, 15) is 0 Å². The van der Waals surface area contributed by atoms with Crippen LogP contribution in [0.5, 0.6) is 0 Å². The molecule has 1 nitrogen and oxygen atoms in total. The molecule has 0 aliphatic heterocycles. The Kier molecular flexibility index (Phi) is 7.15. The van der Waals surface area contributed by atoms with E-state index in [2.05, 4.69) is 183 Å². The van der Waals surface area contributed by atoms with Gasteiger partial charge in [0, 0.05) is 27.6 Å². The van der Waals surface area contributed by atoms with Gasteiger partial charge in [-0.3, -0.25) is 0 Å². The van der Waals surface area contributed by atoms with Crippen molar-refractivity contribution in [2.24, 2.45) is 0 Å². The van der Waals surface area contributed by atoms with Crippen LogP contribution in [0.25, 0.3) is 44.5 Å². The van der Waals surface area contributed by atoms with Crippen molar-refractivity contribution in [1.29, 1.82) is 0 Å². The second-order valence-corrected chi connectivity index (χ2v) is 15.6. The molecule has 0 atom stereocenters. The molecule has 0 bridgehead atoms. The summed E-state index contributed by atoms with van der Waals surface area (Å²) < 4.78 is 0. The summed E-state index contributed by atoms with van der Waals surface area (Å²) in [5.41, 5.74) is 19.9. The highest BCUT2D eigenvalue weighted by molar-refractivity contribution is 5.97. The largest absolute Gasteiger partial charge is 0.309 e. The smallest absolute Gasteiger partial charge is 0.0540 e. The molecule has 1 spiro atoms. The molecule has 7 aromatic carbocycles. The summed E-state index contributed by atoms with van der Waals surface area (Å²) in [6.07, 6.45) is 6.30. The van der Waals surface area contributed by atoms with E-state index in [0.29, 0.717) is 0 Å². The molecule has 1 saturated carbocycles. The number of fused-ring (bicyclic) bond motifs is 8. The van der Waals surface area contributed by atoms with E-state index < -0.39 is 0 Å². The molecular weight excluding hydrogens is 627 g/mol. The summed E-state index contributed by atoms with van der Waals surface area (Å²) in [5.74, 6) is 0. The molecule has 0 radical (unpaired) electrons. The van der Waals surface area contributed by atoms with E-state index in [4.69, 9.17) is 0 Å². The van der Waals surface area contributed by atoms with Gasteiger partial charge >= 0.3 is 0 Å². The van der Waals surface area contributed by atoms with Crippen LogP contribution in [0.4, 0.5) is 17.1 Å². The average Bonchev–Trinajstić information content (AvgIpc) is 3.60. The van der Waals surface area contributed by atoms with Crippen LogP contribution in [-0.2, 0) is 10.8 Å². The normalized spacial score (nSPS) is 15.8. The summed E-state index contributed by atoms with van der Waals surface area (Å²) in [4.78, 5) is 2.56. The van der Waals surface area contributed by atoms with Crippen molar-refractivity contribution in [2.75, 3.05) is 4.90 Å². The Balaban J connectivity index is 1.23. The van der Waals surface area contributed by atoms with Gasteiger partial charge in [-0.15, -0.1) is 0 Å². The fraction of sp³-hybridized carbons (Fsp3) is 0.176. The lowest BCUT2D eigenvalue weighted by molar-refractivity contribution is 0.353. The fourth-order valence-electron chi connectivity index (χ4n) is 10.2. The lowest BCUT2D eigenvalue weighted by Gasteiger charge is -2.37. The van der Waals surface area contributed by atoms with Crippen LogP contribution >= 0.6 is 0 Å². The predicted octanol–water partition coefficient (Wildman–Crippen LogP) is 14.0. The van der Waals surface area contributed by atoms with Gasteiger partial charge in [0.1, 0.15) is 0 Å². The second-order valence-electron chi connectivity index (χ2n) is 15.6. The number of nitrogens with zero attached hydrogens (tertiary/aromatic N) is 1. The number of rotatable bonds is 5. The Bertz CT molecular complexity index is 2480. The van der Waals surface area contributed by atoms with E-state index in [0.717, 1.165) is 0 Å². The lowest BCUT2D eigenvalue weighted by Crippen LogP contribution is -2.28. The van der Waals surface area contributed by atoms with Crippen LogP contribution in [0.1, 0.15) is 68.2 Å². The summed E-state index contributed by atoms with van der Waals surface area (Å²) in [6, 6.07) is 61.5. The highest BCUT2D eigenvalue weighted by atomic mass is 15.1. The summed E-state index contributed by atoms with van der Waals surface area (Å²) in [7, 11) is 0. The molecule has 1 fully saturated rings. The molecular formula is C51H43N. The summed E-state index contributed by atoms with van der Waals surface area (Å²) >= 11 is 0. The van der Waals surface area contributed by atoms with E-state index in [1.54, 1.807) is 0 Å². The molecule has 52 heavy (non-hydrogen) atoms. The van der Waals surface area contributed by atoms with Crippen LogP contribution in [0.2, 0.25) is 0 Å². The molecule has 10 rings (SSSR count). The van der Waals surface area contributed by atoms with Crippen molar-refractivity contribution in [3.63, 3.8) is 0 Å². The average molecular weight is 670 g/mol. The summed E-state index contributed by atoms with van der Waals surface area (Å²) in [6.45, 7) is 4.79. The summed E-state index contributed by atoms with van der Waals surface area (Å²) in [5, 5.41) is 0. The zero-order valence-electron chi connectivity index (χ0n) is 30.1. The van der Waals surface area contributed by atoms with Gasteiger partial charge in [0.25, 0.3) is 0 Å². The third-order valence-corrected chi connectivity index (χ3v) is 12.5. The standard InChI is InChI=1S/C51H43N/c1-50(2)44-26-11-7-22-39(44)42-24-17-25-43(49(42)50)41-23-10-14-29-48(41)52(47-28-13-9-20-37(47)35-18-5-3-6-19-35)36-30-31-40-38-21-8-12-27-45(38)51(46(40)34-36)32-15-4-16-33-51/h3,5-14,17-31,34H,4,15-16,32-33H2,1-2H3. The van der Waals surface area contributed by atoms with Gasteiger partial charge in [0.2, 0.25) is 0 Å². The first-order chi connectivity index (χ1) is 25.6. The second kappa shape index (κ2) is 12.0. The molecule has 252 valence electrons. The minimum atomic E-state index is -0.130. The first-order valence-corrected chi connectivity index (χ1v) is 19.1. The highest BCUT2D eigenvalue weighted by Crippen LogP contribution is 2.58. The van der Waals surface area contributed by atoms with Gasteiger partial charge in [0.15, 0.2) is 0 Å². The van der Waals surface area contributed by atoms with Crippen LogP contribution in [-0.4, -0.2) is 0 Å². The molecule has 0 aromatic heterocycles. The van der Waals surface area contributed by atoms with Crippen LogP contribution in [0, 0.1) is 0 Å². The third kappa shape index (κ3) is 4.55. The van der Waals surface area contributed by atoms with E-state index in [-0.39, 0.29) is 10.8 Å². The van der Waals surface area contributed by atoms with Crippen molar-refractivity contribution in [3.05, 3.63) is 186 Å². The van der Waals surface area contributed by atoms with Crippen LogP contribution in [0.15, 0.2) is 164 Å². The maximum Gasteiger partial charge on any atom is 0.0540 e. The van der Waals surface area contributed by atoms with Gasteiger partial charge in [-0.1, -0.05) is 173 Å². The first-order valence-electron chi connectivity index (χ1n) is 19.1. The molecule has 1 heteroatoms. The van der Waals surface area contributed by atoms with Gasteiger partial charge in [-0.25, -0.2) is 0 Å². The number of para-hydroxylation sites is 2. The van der Waals surface area contributed by atoms with Gasteiger partial charge in [-0.2, -0.15) is 0 Å². The van der Waals surface area contributed by atoms with E-state index in [1.807, 2.05) is 0 Å². The van der Waals surface area contributed by atoms with Gasteiger partial charge in [-0.05, 0) is 92.7 Å². The molecule has 7 aromatic rings. The predicted molar refractivity (Wildman–Crippen MR) is 219 cm³/mol. The number of benzene rings is 7. The van der Waals surface area contributed by atoms with Gasteiger partial charge < -0.3 is 4.90 Å². The van der Waals surface area contributed by atoms with Crippen LogP contribution in [0.3, 0.4) is 0 Å². The number of hydrogen-bond acceptors (Lipinski definition) is 1. The first kappa shape index (κ1) is 31.1. The molecule has 0 heterocycles. The van der Waals surface area contributed by atoms with Crippen LogP contribution < -0.4 is 4.90 Å². The number of hydrogen-bond donors (Lipinski definition) is 0. The lowest BCUT2D eigenvalue weighted by atomic mass is 9.68. The Hall–Kier alpha value is -5.66. The molecule has 0 N–H and O–H groups in total. The van der Waals surface area contributed by atoms with Crippen molar-refractivity contribution in [2.45, 2.75) is 56.8 Å². The monoisotopic (exact) mass is 669 g/mol. The Labute approximate surface area is 308 Å². The topological polar surface area (TPSA) is 3.24 Å². The molecule has 0 unspecified atom stereocenters. The Morgan fingerprint density at radius 2 is 0.923 bits per heavy atom. The minimum absolute atomic E-state index is 0.0698. The maximum absolute atomic E-state index is 2.56. The maximum atomic E-state index is 2.56. The SMILES string of the molecule is CC1(C)c2ccccc2-c2cccc(-c3ccccc3N(c3ccc4c(c3)C3(CCCCC3)c3ccccc3-4)c3ccccc3-c3ccccc3)c21. The van der Waals surface area contributed by atoms with Crippen molar-refractivity contribution >= 4 is 17.1 Å². The Morgan fingerprint density at radius 3 is 1.65 bits per heavy atom. The zero-order valence-corrected chi connectivity index (χ0v) is 30.1. The van der Waals surface area contributed by atoms with Crippen molar-refractivity contribution in [1.82, 2.24) is 0 Å². The quantitative estimate of drug-likeness (QED) is 0.176. The highest BCUT2D eigenvalue weighted by Gasteiger charge is 2.44.